The number of fused-ring (bicyclic) bond motifs is 1. The number of hydrogen-bond acceptors (Lipinski definition) is 2. The highest BCUT2D eigenvalue weighted by Gasteiger charge is 2.32. The van der Waals surface area contributed by atoms with Crippen molar-refractivity contribution in [1.82, 2.24) is 4.90 Å². The van der Waals surface area contributed by atoms with Crippen LogP contribution < -0.4 is 5.73 Å². The number of piperidine rings is 1. The van der Waals surface area contributed by atoms with E-state index in [1.807, 2.05) is 11.0 Å². The largest absolute Gasteiger partial charge is 0.370 e. The van der Waals surface area contributed by atoms with Crippen molar-refractivity contribution in [3.63, 3.8) is 0 Å². The summed E-state index contributed by atoms with van der Waals surface area (Å²) in [5.41, 5.74) is 7.82. The Morgan fingerprint density at radius 2 is 1.86 bits per heavy atom. The van der Waals surface area contributed by atoms with Gasteiger partial charge in [0, 0.05) is 19.5 Å². The van der Waals surface area contributed by atoms with Crippen molar-refractivity contribution in [2.24, 2.45) is 11.7 Å². The summed E-state index contributed by atoms with van der Waals surface area (Å²) in [6.07, 6.45) is 5.36. The Morgan fingerprint density at radius 3 is 2.59 bits per heavy atom. The van der Waals surface area contributed by atoms with Gasteiger partial charge in [-0.15, -0.1) is 0 Å². The van der Waals surface area contributed by atoms with Crippen molar-refractivity contribution in [2.45, 2.75) is 44.4 Å². The fourth-order valence-electron chi connectivity index (χ4n) is 3.87. The molecule has 1 aliphatic heterocycles. The van der Waals surface area contributed by atoms with Crippen LogP contribution in [0.5, 0.6) is 0 Å². The first-order valence-electron chi connectivity index (χ1n) is 8.30. The lowest BCUT2D eigenvalue weighted by Gasteiger charge is -2.35. The number of nitrogens with two attached hydrogens (primary N) is 1. The van der Waals surface area contributed by atoms with Crippen molar-refractivity contribution in [1.29, 1.82) is 0 Å². The SMILES string of the molecule is NC(=O)CC1CCN(C(=O)C2CCCc3ccccc32)CC1. The number of hydrogen-bond donors (Lipinski definition) is 1. The lowest BCUT2D eigenvalue weighted by atomic mass is 9.81. The Labute approximate surface area is 131 Å². The molecular weight excluding hydrogens is 276 g/mol. The van der Waals surface area contributed by atoms with Crippen molar-refractivity contribution < 1.29 is 9.59 Å². The minimum Gasteiger partial charge on any atom is -0.370 e. The highest BCUT2D eigenvalue weighted by Crippen LogP contribution is 2.34. The van der Waals surface area contributed by atoms with Crippen LogP contribution >= 0.6 is 0 Å². The van der Waals surface area contributed by atoms with Crippen molar-refractivity contribution in [3.8, 4) is 0 Å². The fraction of sp³-hybridized carbons (Fsp3) is 0.556. The molecular formula is C18H24N2O2. The summed E-state index contributed by atoms with van der Waals surface area (Å²) in [6, 6.07) is 8.34. The zero-order valence-electron chi connectivity index (χ0n) is 13.0. The molecule has 2 amide bonds. The van der Waals surface area contributed by atoms with Crippen LogP contribution in [0.1, 0.15) is 49.1 Å². The molecule has 1 aromatic carbocycles. The fourth-order valence-corrected chi connectivity index (χ4v) is 3.87. The van der Waals surface area contributed by atoms with Crippen LogP contribution in [0.4, 0.5) is 0 Å². The minimum absolute atomic E-state index is 0.0256. The molecule has 1 fully saturated rings. The van der Waals surface area contributed by atoms with Crippen LogP contribution in [0.3, 0.4) is 0 Å². The summed E-state index contributed by atoms with van der Waals surface area (Å²) >= 11 is 0. The standard InChI is InChI=1S/C18H24N2O2/c19-17(21)12-13-8-10-20(11-9-13)18(22)16-7-3-5-14-4-1-2-6-15(14)16/h1-2,4,6,13,16H,3,5,7-12H2,(H2,19,21). The number of primary amides is 1. The third-order valence-corrected chi connectivity index (χ3v) is 5.08. The van der Waals surface area contributed by atoms with Crippen LogP contribution in [-0.4, -0.2) is 29.8 Å². The molecule has 1 aliphatic carbocycles. The normalized spacial score (nSPS) is 22.2. The number of aryl methyl sites for hydroxylation is 1. The Morgan fingerprint density at radius 1 is 1.14 bits per heavy atom. The van der Waals surface area contributed by atoms with Gasteiger partial charge in [0.2, 0.25) is 11.8 Å². The number of nitrogens with zero attached hydrogens (tertiary/aromatic N) is 1. The third kappa shape index (κ3) is 3.16. The van der Waals surface area contributed by atoms with Crippen LogP contribution in [0.25, 0.3) is 0 Å². The molecule has 4 nitrogen and oxygen atoms in total. The molecule has 22 heavy (non-hydrogen) atoms. The minimum atomic E-state index is -0.231. The Hall–Kier alpha value is -1.84. The zero-order valence-corrected chi connectivity index (χ0v) is 13.0. The van der Waals surface area contributed by atoms with E-state index in [1.54, 1.807) is 0 Å². The smallest absolute Gasteiger partial charge is 0.230 e. The second-order valence-corrected chi connectivity index (χ2v) is 6.58. The number of carbonyl (C=O) groups is 2. The maximum absolute atomic E-state index is 12.9. The van der Waals surface area contributed by atoms with Gasteiger partial charge in [0.1, 0.15) is 0 Å². The molecule has 1 saturated heterocycles. The third-order valence-electron chi connectivity index (χ3n) is 5.08. The molecule has 0 radical (unpaired) electrons. The van der Waals surface area contributed by atoms with Crippen LogP contribution in [0.2, 0.25) is 0 Å². The molecule has 4 heteroatoms. The number of carbonyl (C=O) groups excluding carboxylic acids is 2. The van der Waals surface area contributed by atoms with Gasteiger partial charge < -0.3 is 10.6 Å². The van der Waals surface area contributed by atoms with Gasteiger partial charge >= 0.3 is 0 Å². The Bertz CT molecular complexity index is 562. The molecule has 0 spiro atoms. The van der Waals surface area contributed by atoms with E-state index < -0.39 is 0 Å². The van der Waals surface area contributed by atoms with E-state index in [9.17, 15) is 9.59 Å². The van der Waals surface area contributed by atoms with Gasteiger partial charge in [0.25, 0.3) is 0 Å². The highest BCUT2D eigenvalue weighted by atomic mass is 16.2. The van der Waals surface area contributed by atoms with Gasteiger partial charge in [0.15, 0.2) is 0 Å². The van der Waals surface area contributed by atoms with Crippen LogP contribution in [-0.2, 0) is 16.0 Å². The molecule has 1 aromatic rings. The van der Waals surface area contributed by atoms with E-state index >= 15 is 0 Å². The average Bonchev–Trinajstić information content (AvgIpc) is 2.54. The molecule has 0 saturated carbocycles. The maximum Gasteiger partial charge on any atom is 0.230 e. The first kappa shape index (κ1) is 15.1. The van der Waals surface area contributed by atoms with Gasteiger partial charge in [-0.3, -0.25) is 9.59 Å². The van der Waals surface area contributed by atoms with Crippen molar-refractivity contribution >= 4 is 11.8 Å². The monoisotopic (exact) mass is 300 g/mol. The van der Waals surface area contributed by atoms with Crippen LogP contribution in [0, 0.1) is 5.92 Å². The molecule has 2 aliphatic rings. The van der Waals surface area contributed by atoms with E-state index in [-0.39, 0.29) is 17.7 Å². The Kier molecular flexibility index (Phi) is 4.46. The van der Waals surface area contributed by atoms with E-state index in [0.29, 0.717) is 12.3 Å². The Balaban J connectivity index is 1.65. The molecule has 0 aromatic heterocycles. The van der Waals surface area contributed by atoms with Crippen LogP contribution in [0.15, 0.2) is 24.3 Å². The summed E-state index contributed by atoms with van der Waals surface area (Å²) in [5, 5.41) is 0. The number of likely N-dealkylation sites (tertiary alicyclic amines) is 1. The molecule has 3 rings (SSSR count). The molecule has 0 bridgehead atoms. The highest BCUT2D eigenvalue weighted by molar-refractivity contribution is 5.84. The lowest BCUT2D eigenvalue weighted by molar-refractivity contribution is -0.134. The second-order valence-electron chi connectivity index (χ2n) is 6.58. The van der Waals surface area contributed by atoms with E-state index in [1.165, 1.54) is 11.1 Å². The van der Waals surface area contributed by atoms with Gasteiger partial charge in [-0.25, -0.2) is 0 Å². The molecule has 118 valence electrons. The van der Waals surface area contributed by atoms with E-state index in [2.05, 4.69) is 18.2 Å². The number of benzene rings is 1. The first-order chi connectivity index (χ1) is 10.6. The zero-order chi connectivity index (χ0) is 15.5. The number of amides is 2. The molecule has 2 N–H and O–H groups in total. The summed E-state index contributed by atoms with van der Waals surface area (Å²) in [7, 11) is 0. The molecule has 1 heterocycles. The van der Waals surface area contributed by atoms with Gasteiger partial charge in [0.05, 0.1) is 5.92 Å². The lowest BCUT2D eigenvalue weighted by Crippen LogP contribution is -2.42. The van der Waals surface area contributed by atoms with Crippen molar-refractivity contribution in [2.75, 3.05) is 13.1 Å². The number of rotatable bonds is 3. The van der Waals surface area contributed by atoms with Gasteiger partial charge in [-0.1, -0.05) is 24.3 Å². The van der Waals surface area contributed by atoms with Gasteiger partial charge in [-0.05, 0) is 49.1 Å². The van der Waals surface area contributed by atoms with E-state index in [0.717, 1.165) is 45.2 Å². The summed E-state index contributed by atoms with van der Waals surface area (Å²) in [5.74, 6) is 0.411. The van der Waals surface area contributed by atoms with E-state index in [4.69, 9.17) is 5.73 Å². The molecule has 1 unspecified atom stereocenters. The second kappa shape index (κ2) is 6.51. The topological polar surface area (TPSA) is 63.4 Å². The quantitative estimate of drug-likeness (QED) is 0.930. The predicted molar refractivity (Wildman–Crippen MR) is 85.2 cm³/mol. The first-order valence-corrected chi connectivity index (χ1v) is 8.30. The molecule has 1 atom stereocenters. The summed E-state index contributed by atoms with van der Waals surface area (Å²) in [4.78, 5) is 25.9. The van der Waals surface area contributed by atoms with Crippen molar-refractivity contribution in [3.05, 3.63) is 35.4 Å². The summed E-state index contributed by atoms with van der Waals surface area (Å²) in [6.45, 7) is 1.52. The maximum atomic E-state index is 12.9. The van der Waals surface area contributed by atoms with Gasteiger partial charge in [-0.2, -0.15) is 0 Å². The predicted octanol–water partition coefficient (Wildman–Crippen LogP) is 2.22. The average molecular weight is 300 g/mol. The summed E-state index contributed by atoms with van der Waals surface area (Å²) < 4.78 is 0.